The molecule has 0 amide bonds. The van der Waals surface area contributed by atoms with Gasteiger partial charge in [0.15, 0.2) is 0 Å². The third-order valence-corrected chi connectivity index (χ3v) is 2.11. The topological polar surface area (TPSA) is 43.1 Å². The molecule has 14 heavy (non-hydrogen) atoms. The highest BCUT2D eigenvalue weighted by Crippen LogP contribution is 2.27. The smallest absolute Gasteiger partial charge is 0.258 e. The van der Waals surface area contributed by atoms with E-state index in [1.54, 1.807) is 18.2 Å². The molecule has 3 heteroatoms. The Balaban J connectivity index is 3.31. The molecule has 0 heterocycles. The molecule has 1 aromatic carbocycles. The minimum absolute atomic E-state index is 0.161. The van der Waals surface area contributed by atoms with E-state index in [0.717, 1.165) is 11.1 Å². The zero-order valence-corrected chi connectivity index (χ0v) is 8.36. The molecule has 0 unspecified atom stereocenters. The van der Waals surface area contributed by atoms with E-state index in [0.29, 0.717) is 0 Å². The Morgan fingerprint density at radius 1 is 1.50 bits per heavy atom. The van der Waals surface area contributed by atoms with Crippen LogP contribution in [0.3, 0.4) is 0 Å². The standard InChI is InChI=1S/C11H13NO2/c1-4-9-5-6-10(8(2)3)11(7-9)12(13)14/h4-8H,1H2,2-3H3. The van der Waals surface area contributed by atoms with Crippen molar-refractivity contribution in [2.45, 2.75) is 19.8 Å². The van der Waals surface area contributed by atoms with Crippen LogP contribution in [0.5, 0.6) is 0 Å². The lowest BCUT2D eigenvalue weighted by Crippen LogP contribution is -1.97. The molecular formula is C11H13NO2. The maximum absolute atomic E-state index is 10.8. The molecule has 1 rings (SSSR count). The molecule has 0 aliphatic rings. The maximum atomic E-state index is 10.8. The van der Waals surface area contributed by atoms with Gasteiger partial charge in [0.1, 0.15) is 0 Å². The van der Waals surface area contributed by atoms with E-state index >= 15 is 0 Å². The number of hydrogen-bond acceptors (Lipinski definition) is 2. The summed E-state index contributed by atoms with van der Waals surface area (Å²) in [4.78, 5) is 10.4. The normalized spacial score (nSPS) is 10.2. The van der Waals surface area contributed by atoms with E-state index in [9.17, 15) is 10.1 Å². The summed E-state index contributed by atoms with van der Waals surface area (Å²) in [6.45, 7) is 7.46. The zero-order valence-electron chi connectivity index (χ0n) is 8.36. The number of nitro benzene ring substituents is 1. The Hall–Kier alpha value is -1.64. The fourth-order valence-electron chi connectivity index (χ4n) is 1.33. The van der Waals surface area contributed by atoms with Crippen molar-refractivity contribution >= 4 is 11.8 Å². The monoisotopic (exact) mass is 191 g/mol. The summed E-state index contributed by atoms with van der Waals surface area (Å²) in [5, 5.41) is 10.8. The van der Waals surface area contributed by atoms with Crippen LogP contribution in [0, 0.1) is 10.1 Å². The van der Waals surface area contributed by atoms with Gasteiger partial charge in [0.25, 0.3) is 5.69 Å². The van der Waals surface area contributed by atoms with Crippen LogP contribution in [0.15, 0.2) is 24.8 Å². The second-order valence-corrected chi connectivity index (χ2v) is 3.43. The van der Waals surface area contributed by atoms with Gasteiger partial charge in [-0.3, -0.25) is 10.1 Å². The number of benzene rings is 1. The predicted octanol–water partition coefficient (Wildman–Crippen LogP) is 3.36. The summed E-state index contributed by atoms with van der Waals surface area (Å²) in [5.74, 6) is 0.161. The second kappa shape index (κ2) is 4.05. The van der Waals surface area contributed by atoms with Crippen LogP contribution in [-0.4, -0.2) is 4.92 Å². The van der Waals surface area contributed by atoms with E-state index in [1.807, 2.05) is 19.9 Å². The van der Waals surface area contributed by atoms with Gasteiger partial charge in [-0.2, -0.15) is 0 Å². The van der Waals surface area contributed by atoms with E-state index < -0.39 is 0 Å². The van der Waals surface area contributed by atoms with Crippen molar-refractivity contribution in [2.24, 2.45) is 0 Å². The number of rotatable bonds is 3. The van der Waals surface area contributed by atoms with Crippen LogP contribution in [0.25, 0.3) is 6.08 Å². The number of nitro groups is 1. The Morgan fingerprint density at radius 2 is 2.14 bits per heavy atom. The van der Waals surface area contributed by atoms with Gasteiger partial charge in [0, 0.05) is 11.6 Å². The first-order chi connectivity index (χ1) is 6.56. The van der Waals surface area contributed by atoms with E-state index in [4.69, 9.17) is 0 Å². The van der Waals surface area contributed by atoms with Crippen LogP contribution >= 0.6 is 0 Å². The lowest BCUT2D eigenvalue weighted by Gasteiger charge is -2.06. The Bertz CT molecular complexity index is 370. The van der Waals surface area contributed by atoms with Gasteiger partial charge in [-0.05, 0) is 11.5 Å². The Morgan fingerprint density at radius 3 is 2.57 bits per heavy atom. The molecule has 3 nitrogen and oxygen atoms in total. The first kappa shape index (κ1) is 10.4. The van der Waals surface area contributed by atoms with Crippen LogP contribution in [0.1, 0.15) is 30.9 Å². The van der Waals surface area contributed by atoms with Gasteiger partial charge < -0.3 is 0 Å². The van der Waals surface area contributed by atoms with Gasteiger partial charge in [0.05, 0.1) is 4.92 Å². The summed E-state index contributed by atoms with van der Waals surface area (Å²) in [7, 11) is 0. The van der Waals surface area contributed by atoms with Crippen molar-refractivity contribution in [1.29, 1.82) is 0 Å². The summed E-state index contributed by atoms with van der Waals surface area (Å²) in [5.41, 5.74) is 1.72. The first-order valence-corrected chi connectivity index (χ1v) is 4.47. The van der Waals surface area contributed by atoms with Gasteiger partial charge >= 0.3 is 0 Å². The molecule has 0 aliphatic heterocycles. The molecule has 0 fully saturated rings. The first-order valence-electron chi connectivity index (χ1n) is 4.47. The number of nitrogens with zero attached hydrogens (tertiary/aromatic N) is 1. The Kier molecular flexibility index (Phi) is 3.02. The SMILES string of the molecule is C=Cc1ccc(C(C)C)c([N+](=O)[O-])c1. The zero-order chi connectivity index (χ0) is 10.7. The molecular weight excluding hydrogens is 178 g/mol. The van der Waals surface area contributed by atoms with Gasteiger partial charge in [0.2, 0.25) is 0 Å². The molecule has 0 N–H and O–H groups in total. The van der Waals surface area contributed by atoms with Crippen molar-refractivity contribution in [1.82, 2.24) is 0 Å². The molecule has 0 aromatic heterocycles. The van der Waals surface area contributed by atoms with Crippen molar-refractivity contribution in [3.8, 4) is 0 Å². The Labute approximate surface area is 83.2 Å². The lowest BCUT2D eigenvalue weighted by atomic mass is 9.99. The average Bonchev–Trinajstić information content (AvgIpc) is 2.16. The average molecular weight is 191 g/mol. The third kappa shape index (κ3) is 1.99. The van der Waals surface area contributed by atoms with Crippen LogP contribution in [0.2, 0.25) is 0 Å². The third-order valence-electron chi connectivity index (χ3n) is 2.11. The van der Waals surface area contributed by atoms with Crippen molar-refractivity contribution in [2.75, 3.05) is 0 Å². The fraction of sp³-hybridized carbons (Fsp3) is 0.273. The minimum Gasteiger partial charge on any atom is -0.258 e. The van der Waals surface area contributed by atoms with Gasteiger partial charge in [-0.15, -0.1) is 0 Å². The van der Waals surface area contributed by atoms with E-state index in [1.165, 1.54) is 0 Å². The molecule has 0 saturated heterocycles. The highest BCUT2D eigenvalue weighted by molar-refractivity contribution is 5.55. The summed E-state index contributed by atoms with van der Waals surface area (Å²) in [6, 6.07) is 5.19. The van der Waals surface area contributed by atoms with Crippen molar-refractivity contribution < 1.29 is 4.92 Å². The van der Waals surface area contributed by atoms with Crippen molar-refractivity contribution in [3.63, 3.8) is 0 Å². The fourth-order valence-corrected chi connectivity index (χ4v) is 1.33. The molecule has 0 radical (unpaired) electrons. The lowest BCUT2D eigenvalue weighted by molar-refractivity contribution is -0.385. The van der Waals surface area contributed by atoms with E-state index in [-0.39, 0.29) is 16.5 Å². The summed E-state index contributed by atoms with van der Waals surface area (Å²) in [6.07, 6.45) is 1.61. The minimum atomic E-state index is -0.345. The molecule has 74 valence electrons. The quantitative estimate of drug-likeness (QED) is 0.543. The molecule has 0 spiro atoms. The summed E-state index contributed by atoms with van der Waals surface area (Å²) < 4.78 is 0. The maximum Gasteiger partial charge on any atom is 0.273 e. The van der Waals surface area contributed by atoms with Gasteiger partial charge in [-0.1, -0.05) is 38.6 Å². The molecule has 0 bridgehead atoms. The van der Waals surface area contributed by atoms with Crippen LogP contribution < -0.4 is 0 Å². The predicted molar refractivity (Wildman–Crippen MR) is 57.3 cm³/mol. The second-order valence-electron chi connectivity index (χ2n) is 3.43. The van der Waals surface area contributed by atoms with Gasteiger partial charge in [-0.25, -0.2) is 0 Å². The van der Waals surface area contributed by atoms with Crippen molar-refractivity contribution in [3.05, 3.63) is 46.0 Å². The largest absolute Gasteiger partial charge is 0.273 e. The van der Waals surface area contributed by atoms with Crippen LogP contribution in [-0.2, 0) is 0 Å². The van der Waals surface area contributed by atoms with Crippen LogP contribution in [0.4, 0.5) is 5.69 Å². The highest BCUT2D eigenvalue weighted by Gasteiger charge is 2.15. The molecule has 0 saturated carbocycles. The molecule has 1 aromatic rings. The summed E-state index contributed by atoms with van der Waals surface area (Å²) >= 11 is 0. The molecule has 0 atom stereocenters. The molecule has 0 aliphatic carbocycles. The number of hydrogen-bond donors (Lipinski definition) is 0. The van der Waals surface area contributed by atoms with E-state index in [2.05, 4.69) is 6.58 Å². The highest BCUT2D eigenvalue weighted by atomic mass is 16.6.